The molecule has 1 aromatic carbocycles. The Morgan fingerprint density at radius 2 is 2.18 bits per heavy atom. The van der Waals surface area contributed by atoms with Crippen LogP contribution in [-0.2, 0) is 5.41 Å². The molecule has 1 saturated heterocycles. The highest BCUT2D eigenvalue weighted by molar-refractivity contribution is 5.55. The van der Waals surface area contributed by atoms with Gasteiger partial charge in [-0.25, -0.2) is 0 Å². The monoisotopic (exact) mass is 229 g/mol. The molecule has 0 aromatic heterocycles. The lowest BCUT2D eigenvalue weighted by Gasteiger charge is -2.34. The molecule has 0 aliphatic carbocycles. The first kappa shape index (κ1) is 12.4. The van der Waals surface area contributed by atoms with Crippen molar-refractivity contribution in [2.75, 3.05) is 6.54 Å². The van der Waals surface area contributed by atoms with E-state index in [0.29, 0.717) is 6.04 Å². The number of nitrogens with one attached hydrogen (secondary N) is 1. The van der Waals surface area contributed by atoms with Crippen molar-refractivity contribution >= 4 is 6.08 Å². The van der Waals surface area contributed by atoms with Gasteiger partial charge < -0.3 is 5.32 Å². The summed E-state index contributed by atoms with van der Waals surface area (Å²) in [6.07, 6.45) is 4.54. The molecule has 0 saturated carbocycles. The van der Waals surface area contributed by atoms with Crippen LogP contribution in [0.25, 0.3) is 6.08 Å². The highest BCUT2D eigenvalue weighted by Gasteiger charge is 2.34. The molecule has 1 heterocycles. The molecule has 0 radical (unpaired) electrons. The van der Waals surface area contributed by atoms with Crippen LogP contribution in [0.5, 0.6) is 0 Å². The van der Waals surface area contributed by atoms with Gasteiger partial charge in [0.05, 0.1) is 0 Å². The second-order valence-electron chi connectivity index (χ2n) is 5.59. The third kappa shape index (κ3) is 2.16. The number of rotatable bonds is 3. The summed E-state index contributed by atoms with van der Waals surface area (Å²) in [4.78, 5) is 0. The molecular formula is C16H23N. The molecule has 1 unspecified atom stereocenters. The van der Waals surface area contributed by atoms with E-state index < -0.39 is 0 Å². The van der Waals surface area contributed by atoms with Gasteiger partial charge in [-0.15, -0.1) is 0 Å². The third-order valence-electron chi connectivity index (χ3n) is 4.22. The molecule has 1 nitrogen and oxygen atoms in total. The van der Waals surface area contributed by atoms with Crippen LogP contribution < -0.4 is 5.32 Å². The van der Waals surface area contributed by atoms with E-state index in [1.165, 1.54) is 29.5 Å². The van der Waals surface area contributed by atoms with E-state index in [2.05, 4.69) is 50.9 Å². The van der Waals surface area contributed by atoms with E-state index in [9.17, 15) is 0 Å². The van der Waals surface area contributed by atoms with Gasteiger partial charge in [0.15, 0.2) is 0 Å². The summed E-state index contributed by atoms with van der Waals surface area (Å²) in [7, 11) is 0. The fourth-order valence-corrected chi connectivity index (χ4v) is 3.06. The predicted molar refractivity (Wildman–Crippen MR) is 75.3 cm³/mol. The molecule has 0 amide bonds. The lowest BCUT2D eigenvalue weighted by molar-refractivity contribution is 0.375. The maximum Gasteiger partial charge on any atom is 0.0159 e. The third-order valence-corrected chi connectivity index (χ3v) is 4.22. The first-order chi connectivity index (χ1) is 8.07. The SMILES string of the molecule is C=Cc1cccc(C(C)(C)C2CCCN2)c1C. The average Bonchev–Trinajstić information content (AvgIpc) is 2.83. The van der Waals surface area contributed by atoms with Gasteiger partial charge in [0, 0.05) is 11.5 Å². The zero-order valence-electron chi connectivity index (χ0n) is 11.2. The van der Waals surface area contributed by atoms with Gasteiger partial charge in [-0.3, -0.25) is 0 Å². The predicted octanol–water partition coefficient (Wildman–Crippen LogP) is 3.67. The Kier molecular flexibility index (Phi) is 3.39. The smallest absolute Gasteiger partial charge is 0.0159 e. The molecule has 0 bridgehead atoms. The summed E-state index contributed by atoms with van der Waals surface area (Å²) in [5, 5.41) is 3.63. The zero-order chi connectivity index (χ0) is 12.5. The summed E-state index contributed by atoms with van der Waals surface area (Å²) in [6, 6.07) is 7.16. The molecule has 2 rings (SSSR count). The molecule has 1 aliphatic heterocycles. The quantitative estimate of drug-likeness (QED) is 0.834. The van der Waals surface area contributed by atoms with Crippen molar-refractivity contribution in [1.82, 2.24) is 5.32 Å². The van der Waals surface area contributed by atoms with Crippen LogP contribution in [0.3, 0.4) is 0 Å². The molecule has 92 valence electrons. The molecule has 1 heteroatoms. The van der Waals surface area contributed by atoms with Crippen LogP contribution in [0, 0.1) is 6.92 Å². The molecule has 1 aromatic rings. The van der Waals surface area contributed by atoms with Gasteiger partial charge in [-0.2, -0.15) is 0 Å². The van der Waals surface area contributed by atoms with Crippen molar-refractivity contribution in [1.29, 1.82) is 0 Å². The summed E-state index contributed by atoms with van der Waals surface area (Å²) >= 11 is 0. The number of hydrogen-bond donors (Lipinski definition) is 1. The van der Waals surface area contributed by atoms with Crippen molar-refractivity contribution in [2.24, 2.45) is 0 Å². The maximum atomic E-state index is 3.90. The summed E-state index contributed by atoms with van der Waals surface area (Å²) in [6.45, 7) is 12.0. The molecule has 17 heavy (non-hydrogen) atoms. The Bertz CT molecular complexity index is 412. The minimum atomic E-state index is 0.194. The van der Waals surface area contributed by atoms with Gasteiger partial charge in [0.1, 0.15) is 0 Å². The Hall–Kier alpha value is -1.08. The largest absolute Gasteiger partial charge is 0.313 e. The topological polar surface area (TPSA) is 12.0 Å². The first-order valence-corrected chi connectivity index (χ1v) is 6.53. The number of hydrogen-bond acceptors (Lipinski definition) is 1. The minimum Gasteiger partial charge on any atom is -0.313 e. The molecule has 0 spiro atoms. The molecule has 1 atom stereocenters. The fraction of sp³-hybridized carbons (Fsp3) is 0.500. The maximum absolute atomic E-state index is 3.90. The van der Waals surface area contributed by atoms with Crippen molar-refractivity contribution in [3.63, 3.8) is 0 Å². The molecule has 1 N–H and O–H groups in total. The van der Waals surface area contributed by atoms with Crippen molar-refractivity contribution < 1.29 is 0 Å². The number of benzene rings is 1. The highest BCUT2D eigenvalue weighted by atomic mass is 15.0. The van der Waals surface area contributed by atoms with Crippen LogP contribution >= 0.6 is 0 Å². The van der Waals surface area contributed by atoms with Gasteiger partial charge in [-0.1, -0.05) is 44.7 Å². The van der Waals surface area contributed by atoms with Gasteiger partial charge in [0.25, 0.3) is 0 Å². The Labute approximate surface area is 105 Å². The fourth-order valence-electron chi connectivity index (χ4n) is 3.06. The van der Waals surface area contributed by atoms with E-state index in [1.54, 1.807) is 0 Å². The van der Waals surface area contributed by atoms with Crippen molar-refractivity contribution in [3.05, 3.63) is 41.5 Å². The first-order valence-electron chi connectivity index (χ1n) is 6.53. The summed E-state index contributed by atoms with van der Waals surface area (Å²) in [5.74, 6) is 0. The Balaban J connectivity index is 2.41. The van der Waals surface area contributed by atoms with Gasteiger partial charge >= 0.3 is 0 Å². The van der Waals surface area contributed by atoms with Crippen LogP contribution in [0.1, 0.15) is 43.4 Å². The lowest BCUT2D eigenvalue weighted by Crippen LogP contribution is -2.41. The average molecular weight is 229 g/mol. The van der Waals surface area contributed by atoms with E-state index >= 15 is 0 Å². The summed E-state index contributed by atoms with van der Waals surface area (Å²) < 4.78 is 0. The lowest BCUT2D eigenvalue weighted by atomic mass is 9.74. The summed E-state index contributed by atoms with van der Waals surface area (Å²) in [5.41, 5.74) is 4.28. The van der Waals surface area contributed by atoms with E-state index in [1.807, 2.05) is 6.08 Å². The van der Waals surface area contributed by atoms with Crippen molar-refractivity contribution in [3.8, 4) is 0 Å². The van der Waals surface area contributed by atoms with Crippen molar-refractivity contribution in [2.45, 2.75) is 45.1 Å². The van der Waals surface area contributed by atoms with Crippen LogP contribution in [0.15, 0.2) is 24.8 Å². The normalized spacial score (nSPS) is 20.5. The van der Waals surface area contributed by atoms with Gasteiger partial charge in [0.2, 0.25) is 0 Å². The Morgan fingerprint density at radius 3 is 2.76 bits per heavy atom. The van der Waals surface area contributed by atoms with Crippen LogP contribution in [0.2, 0.25) is 0 Å². The van der Waals surface area contributed by atoms with Crippen LogP contribution in [0.4, 0.5) is 0 Å². The van der Waals surface area contributed by atoms with E-state index in [0.717, 1.165) is 6.54 Å². The molecular weight excluding hydrogens is 206 g/mol. The second kappa shape index (κ2) is 4.66. The zero-order valence-corrected chi connectivity index (χ0v) is 11.2. The minimum absolute atomic E-state index is 0.194. The van der Waals surface area contributed by atoms with E-state index in [4.69, 9.17) is 0 Å². The Morgan fingerprint density at radius 1 is 1.41 bits per heavy atom. The molecule has 1 aliphatic rings. The second-order valence-corrected chi connectivity index (χ2v) is 5.59. The van der Waals surface area contributed by atoms with E-state index in [-0.39, 0.29) is 5.41 Å². The van der Waals surface area contributed by atoms with Gasteiger partial charge in [-0.05, 0) is 43.0 Å². The van der Waals surface area contributed by atoms with Crippen LogP contribution in [-0.4, -0.2) is 12.6 Å². The standard InChI is InChI=1S/C16H23N/c1-5-13-8-6-9-14(12(13)2)16(3,4)15-10-7-11-17-15/h5-6,8-9,15,17H,1,7,10-11H2,2-4H3. The molecule has 1 fully saturated rings. The highest BCUT2D eigenvalue weighted by Crippen LogP contribution is 2.34.